The fraction of sp³-hybridized carbons (Fsp3) is 0.0476. The number of hydrogen-bond acceptors (Lipinski definition) is 6. The summed E-state index contributed by atoms with van der Waals surface area (Å²) >= 11 is 1.59. The van der Waals surface area contributed by atoms with Crippen molar-refractivity contribution in [1.82, 2.24) is 20.2 Å². The van der Waals surface area contributed by atoms with Gasteiger partial charge in [-0.05, 0) is 41.0 Å². The van der Waals surface area contributed by atoms with Crippen LogP contribution in [0.5, 0.6) is 0 Å². The molecule has 5 nitrogen and oxygen atoms in total. The van der Waals surface area contributed by atoms with Crippen molar-refractivity contribution >= 4 is 17.6 Å². The lowest BCUT2D eigenvalue weighted by atomic mass is 9.98. The zero-order valence-corrected chi connectivity index (χ0v) is 15.6. The van der Waals surface area contributed by atoms with E-state index in [0.29, 0.717) is 22.8 Å². The summed E-state index contributed by atoms with van der Waals surface area (Å²) in [7, 11) is 0. The first-order valence-corrected chi connectivity index (χ1v) is 9.55. The van der Waals surface area contributed by atoms with Crippen LogP contribution in [0.25, 0.3) is 22.4 Å². The van der Waals surface area contributed by atoms with E-state index in [4.69, 9.17) is 5.73 Å². The minimum atomic E-state index is -0.354. The summed E-state index contributed by atoms with van der Waals surface area (Å²) in [5, 5.41) is 8.83. The molecule has 28 heavy (non-hydrogen) atoms. The predicted molar refractivity (Wildman–Crippen MR) is 109 cm³/mol. The number of benzene rings is 2. The molecule has 0 amide bonds. The van der Waals surface area contributed by atoms with Gasteiger partial charge in [0, 0.05) is 17.5 Å². The molecule has 0 saturated heterocycles. The van der Waals surface area contributed by atoms with Crippen LogP contribution in [0.1, 0.15) is 5.56 Å². The molecule has 0 saturated carbocycles. The summed E-state index contributed by atoms with van der Waals surface area (Å²) in [5.41, 5.74) is 9.27. The van der Waals surface area contributed by atoms with E-state index in [2.05, 4.69) is 20.2 Å². The first kappa shape index (κ1) is 18.1. The topological polar surface area (TPSA) is 77.6 Å². The Labute approximate surface area is 165 Å². The summed E-state index contributed by atoms with van der Waals surface area (Å²) in [6.07, 6.45) is 4.54. The normalized spacial score (nSPS) is 10.8. The van der Waals surface area contributed by atoms with Crippen LogP contribution in [0.4, 0.5) is 10.2 Å². The highest BCUT2D eigenvalue weighted by atomic mass is 32.2. The predicted octanol–water partition coefficient (Wildman–Crippen LogP) is 4.61. The van der Waals surface area contributed by atoms with Gasteiger partial charge in [0.15, 0.2) is 0 Å². The molecule has 0 fully saturated rings. The molecule has 2 heterocycles. The van der Waals surface area contributed by atoms with Crippen molar-refractivity contribution < 1.29 is 4.39 Å². The highest BCUT2D eigenvalue weighted by Crippen LogP contribution is 2.31. The largest absolute Gasteiger partial charge is 0.382 e. The molecule has 4 rings (SSSR count). The monoisotopic (exact) mass is 389 g/mol. The van der Waals surface area contributed by atoms with Gasteiger partial charge in [-0.3, -0.25) is 4.98 Å². The maximum Gasteiger partial charge on any atom is 0.141 e. The summed E-state index contributed by atoms with van der Waals surface area (Å²) in [6, 6.07) is 16.9. The molecule has 2 aromatic carbocycles. The van der Waals surface area contributed by atoms with Gasteiger partial charge in [0.05, 0.1) is 18.1 Å². The molecule has 2 aromatic heterocycles. The zero-order valence-electron chi connectivity index (χ0n) is 14.8. The van der Waals surface area contributed by atoms with Crippen molar-refractivity contribution in [3.8, 4) is 22.4 Å². The Balaban J connectivity index is 1.62. The molecular weight excluding hydrogens is 373 g/mol. The molecule has 0 aliphatic rings. The fourth-order valence-electron chi connectivity index (χ4n) is 2.81. The summed E-state index contributed by atoms with van der Waals surface area (Å²) in [4.78, 5) is 8.13. The van der Waals surface area contributed by atoms with Gasteiger partial charge >= 0.3 is 0 Å². The minimum absolute atomic E-state index is 0.301. The molecule has 138 valence electrons. The molecule has 0 radical (unpaired) electrons. The quantitative estimate of drug-likeness (QED) is 0.502. The first-order chi connectivity index (χ1) is 13.7. The molecule has 2 N–H and O–H groups in total. The standard InChI is InChI=1S/C21H16FN5S/c22-18-10-14(7-8-17(18)19-11-25-20(23)12-24-19)16-5-2-1-4-15(16)13-28-21-6-3-9-26-27-21/h1-12H,13H2,(H2,23,25). The Hall–Kier alpha value is -3.32. The third-order valence-corrected chi connectivity index (χ3v) is 5.14. The molecule has 0 unspecified atom stereocenters. The van der Waals surface area contributed by atoms with E-state index in [0.717, 1.165) is 21.7 Å². The number of halogens is 1. The number of thioether (sulfide) groups is 1. The van der Waals surface area contributed by atoms with Crippen LogP contribution in [0.2, 0.25) is 0 Å². The summed E-state index contributed by atoms with van der Waals surface area (Å²) in [5.74, 6) is 0.657. The molecule has 0 bridgehead atoms. The number of nitrogen functional groups attached to an aromatic ring is 1. The van der Waals surface area contributed by atoms with Crippen LogP contribution < -0.4 is 5.73 Å². The van der Waals surface area contributed by atoms with Crippen molar-refractivity contribution in [2.45, 2.75) is 10.8 Å². The SMILES string of the molecule is Nc1cnc(-c2ccc(-c3ccccc3CSc3cccnn3)cc2F)cn1. The first-order valence-electron chi connectivity index (χ1n) is 8.57. The molecule has 0 atom stereocenters. The number of hydrogen-bond donors (Lipinski definition) is 1. The van der Waals surface area contributed by atoms with Gasteiger partial charge in [-0.1, -0.05) is 42.1 Å². The highest BCUT2D eigenvalue weighted by molar-refractivity contribution is 7.98. The van der Waals surface area contributed by atoms with E-state index in [1.807, 2.05) is 42.5 Å². The Kier molecular flexibility index (Phi) is 5.25. The number of rotatable bonds is 5. The molecule has 0 spiro atoms. The van der Waals surface area contributed by atoms with Crippen LogP contribution in [0, 0.1) is 5.82 Å². The maximum atomic E-state index is 14.8. The average Bonchev–Trinajstić information content (AvgIpc) is 2.74. The zero-order chi connectivity index (χ0) is 19.3. The molecule has 0 aliphatic heterocycles. The van der Waals surface area contributed by atoms with E-state index in [1.54, 1.807) is 24.0 Å². The average molecular weight is 389 g/mol. The van der Waals surface area contributed by atoms with Crippen LogP contribution in [0.15, 0.2) is 78.2 Å². The molecule has 0 aliphatic carbocycles. The fourth-order valence-corrected chi connectivity index (χ4v) is 3.65. The Morgan fingerprint density at radius 3 is 2.57 bits per heavy atom. The number of nitrogens with two attached hydrogens (primary N) is 1. The van der Waals surface area contributed by atoms with Crippen LogP contribution in [0.3, 0.4) is 0 Å². The third-order valence-electron chi connectivity index (χ3n) is 4.17. The van der Waals surface area contributed by atoms with Gasteiger partial charge in [-0.2, -0.15) is 5.10 Å². The summed E-state index contributed by atoms with van der Waals surface area (Å²) in [6.45, 7) is 0. The van der Waals surface area contributed by atoms with Crippen molar-refractivity contribution in [3.63, 3.8) is 0 Å². The summed E-state index contributed by atoms with van der Waals surface area (Å²) < 4.78 is 14.8. The third kappa shape index (κ3) is 3.99. The lowest BCUT2D eigenvalue weighted by Gasteiger charge is -2.11. The van der Waals surface area contributed by atoms with Crippen LogP contribution in [-0.4, -0.2) is 20.2 Å². The van der Waals surface area contributed by atoms with Gasteiger partial charge in [-0.25, -0.2) is 9.37 Å². The number of anilines is 1. The second-order valence-corrected chi connectivity index (χ2v) is 7.02. The van der Waals surface area contributed by atoms with Gasteiger partial charge in [0.25, 0.3) is 0 Å². The van der Waals surface area contributed by atoms with Crippen molar-refractivity contribution in [2.24, 2.45) is 0 Å². The van der Waals surface area contributed by atoms with E-state index in [9.17, 15) is 4.39 Å². The maximum absolute atomic E-state index is 14.8. The van der Waals surface area contributed by atoms with Gasteiger partial charge < -0.3 is 5.73 Å². The Morgan fingerprint density at radius 1 is 0.929 bits per heavy atom. The smallest absolute Gasteiger partial charge is 0.141 e. The van der Waals surface area contributed by atoms with E-state index in [1.165, 1.54) is 18.5 Å². The molecule has 4 aromatic rings. The van der Waals surface area contributed by atoms with Gasteiger partial charge in [-0.15, -0.1) is 5.10 Å². The molecular formula is C21H16FN5S. The minimum Gasteiger partial charge on any atom is -0.382 e. The van der Waals surface area contributed by atoms with Crippen molar-refractivity contribution in [3.05, 3.63) is 84.6 Å². The van der Waals surface area contributed by atoms with Gasteiger partial charge in [0.1, 0.15) is 16.7 Å². The van der Waals surface area contributed by atoms with E-state index < -0.39 is 0 Å². The second kappa shape index (κ2) is 8.14. The Bertz CT molecular complexity index is 1090. The highest BCUT2D eigenvalue weighted by Gasteiger charge is 2.11. The van der Waals surface area contributed by atoms with Crippen molar-refractivity contribution in [1.29, 1.82) is 0 Å². The number of aromatic nitrogens is 4. The van der Waals surface area contributed by atoms with Crippen LogP contribution >= 0.6 is 11.8 Å². The van der Waals surface area contributed by atoms with E-state index >= 15 is 0 Å². The molecule has 7 heteroatoms. The van der Waals surface area contributed by atoms with Crippen LogP contribution in [-0.2, 0) is 5.75 Å². The Morgan fingerprint density at radius 2 is 1.82 bits per heavy atom. The lowest BCUT2D eigenvalue weighted by molar-refractivity contribution is 0.631. The van der Waals surface area contributed by atoms with E-state index in [-0.39, 0.29) is 5.82 Å². The second-order valence-electron chi connectivity index (χ2n) is 6.03. The van der Waals surface area contributed by atoms with Crippen molar-refractivity contribution in [2.75, 3.05) is 5.73 Å². The van der Waals surface area contributed by atoms with Gasteiger partial charge in [0.2, 0.25) is 0 Å². The number of nitrogens with zero attached hydrogens (tertiary/aromatic N) is 4. The lowest BCUT2D eigenvalue weighted by Crippen LogP contribution is -1.95.